The zero-order valence-electron chi connectivity index (χ0n) is 8.21. The number of benzene rings is 1. The molecule has 0 fully saturated rings. The maximum Gasteiger partial charge on any atom is 0.258 e. The predicted molar refractivity (Wildman–Crippen MR) is 66.4 cm³/mol. The quantitative estimate of drug-likeness (QED) is 0.671. The second kappa shape index (κ2) is 5.06. The van der Waals surface area contributed by atoms with Crippen molar-refractivity contribution in [1.82, 2.24) is 5.32 Å². The first-order chi connectivity index (χ1) is 7.00. The fourth-order valence-electron chi connectivity index (χ4n) is 0.883. The number of imide groups is 1. The molecule has 0 heterocycles. The summed E-state index contributed by atoms with van der Waals surface area (Å²) in [7, 11) is 0. The van der Waals surface area contributed by atoms with Gasteiger partial charge in [-0.15, -0.1) is 0 Å². The van der Waals surface area contributed by atoms with Gasteiger partial charge in [0.15, 0.2) is 0 Å². The van der Waals surface area contributed by atoms with E-state index in [0.29, 0.717) is 11.1 Å². The Morgan fingerprint density at radius 1 is 1.27 bits per heavy atom. The number of hydrogen-bond donors (Lipinski definition) is 1. The number of nitrogens with one attached hydrogen (secondary N) is 1. The van der Waals surface area contributed by atoms with E-state index in [0.717, 1.165) is 3.57 Å². The second-order valence-corrected chi connectivity index (χ2v) is 4.32. The van der Waals surface area contributed by atoms with Crippen LogP contribution < -0.4 is 5.32 Å². The summed E-state index contributed by atoms with van der Waals surface area (Å²) in [6.45, 7) is 5.00. The maximum atomic E-state index is 11.5. The van der Waals surface area contributed by atoms with E-state index in [2.05, 4.69) is 34.5 Å². The smallest absolute Gasteiger partial charge is 0.258 e. The van der Waals surface area contributed by atoms with Gasteiger partial charge in [-0.05, 0) is 53.8 Å². The minimum atomic E-state index is -0.446. The molecule has 1 rings (SSSR count). The second-order valence-electron chi connectivity index (χ2n) is 3.07. The third-order valence-electron chi connectivity index (χ3n) is 1.72. The van der Waals surface area contributed by atoms with Gasteiger partial charge >= 0.3 is 0 Å². The molecule has 4 heteroatoms. The van der Waals surface area contributed by atoms with Gasteiger partial charge in [-0.2, -0.15) is 0 Å². The molecule has 0 atom stereocenters. The van der Waals surface area contributed by atoms with Crippen LogP contribution in [0.25, 0.3) is 0 Å². The monoisotopic (exact) mass is 315 g/mol. The molecule has 0 radical (unpaired) electrons. The van der Waals surface area contributed by atoms with Crippen LogP contribution >= 0.6 is 22.6 Å². The highest BCUT2D eigenvalue weighted by Crippen LogP contribution is 2.06. The van der Waals surface area contributed by atoms with Crippen molar-refractivity contribution in [3.63, 3.8) is 0 Å². The molecular weight excluding hydrogens is 305 g/mol. The average molecular weight is 315 g/mol. The van der Waals surface area contributed by atoms with E-state index in [1.54, 1.807) is 31.2 Å². The lowest BCUT2D eigenvalue weighted by atomic mass is 10.2. The first-order valence-corrected chi connectivity index (χ1v) is 5.35. The van der Waals surface area contributed by atoms with Crippen molar-refractivity contribution in [3.05, 3.63) is 45.6 Å². The number of carbonyl (C=O) groups excluding carboxylic acids is 2. The van der Waals surface area contributed by atoms with Crippen LogP contribution in [0.2, 0.25) is 0 Å². The van der Waals surface area contributed by atoms with Crippen LogP contribution in [0.15, 0.2) is 36.4 Å². The van der Waals surface area contributed by atoms with Gasteiger partial charge in [-0.3, -0.25) is 14.9 Å². The molecule has 0 aliphatic heterocycles. The summed E-state index contributed by atoms with van der Waals surface area (Å²) in [5, 5.41) is 2.24. The van der Waals surface area contributed by atoms with Crippen LogP contribution in [0.5, 0.6) is 0 Å². The molecule has 2 amide bonds. The number of rotatable bonds is 2. The summed E-state index contributed by atoms with van der Waals surface area (Å²) < 4.78 is 1.04. The van der Waals surface area contributed by atoms with Crippen molar-refractivity contribution in [2.45, 2.75) is 6.92 Å². The van der Waals surface area contributed by atoms with Gasteiger partial charge in [0, 0.05) is 14.7 Å². The Kier molecular flexibility index (Phi) is 4.02. The molecular formula is C11H10INO2. The Hall–Kier alpha value is -1.17. The van der Waals surface area contributed by atoms with Crippen molar-refractivity contribution < 1.29 is 9.59 Å². The highest BCUT2D eigenvalue weighted by Gasteiger charge is 2.09. The first kappa shape index (κ1) is 11.9. The Morgan fingerprint density at radius 2 is 1.80 bits per heavy atom. The maximum absolute atomic E-state index is 11.5. The van der Waals surface area contributed by atoms with E-state index in [4.69, 9.17) is 0 Å². The number of hydrogen-bond acceptors (Lipinski definition) is 2. The topological polar surface area (TPSA) is 46.2 Å². The Morgan fingerprint density at radius 3 is 2.27 bits per heavy atom. The minimum absolute atomic E-state index is 0.314. The molecule has 1 N–H and O–H groups in total. The molecule has 0 aromatic heterocycles. The van der Waals surface area contributed by atoms with Gasteiger partial charge in [0.25, 0.3) is 11.8 Å². The van der Waals surface area contributed by atoms with Crippen LogP contribution in [0, 0.1) is 3.57 Å². The van der Waals surface area contributed by atoms with Gasteiger partial charge in [0.1, 0.15) is 0 Å². The van der Waals surface area contributed by atoms with Crippen molar-refractivity contribution in [1.29, 1.82) is 0 Å². The summed E-state index contributed by atoms with van der Waals surface area (Å²) in [5.41, 5.74) is 0.777. The van der Waals surface area contributed by atoms with Crippen molar-refractivity contribution in [2.24, 2.45) is 0 Å². The van der Waals surface area contributed by atoms with E-state index >= 15 is 0 Å². The normalized spacial score (nSPS) is 9.47. The standard InChI is InChI=1S/C11H10INO2/c1-7(2)10(14)13-11(15)8-3-5-9(12)6-4-8/h3-6H,1H2,2H3,(H,13,14,15). The molecule has 0 bridgehead atoms. The van der Waals surface area contributed by atoms with E-state index in [9.17, 15) is 9.59 Å². The fraction of sp³-hybridized carbons (Fsp3) is 0.0909. The summed E-state index contributed by atoms with van der Waals surface area (Å²) in [5.74, 6) is -0.849. The van der Waals surface area contributed by atoms with Crippen LogP contribution in [0.4, 0.5) is 0 Å². The molecule has 0 saturated carbocycles. The van der Waals surface area contributed by atoms with E-state index in [-0.39, 0.29) is 0 Å². The molecule has 1 aromatic rings. The van der Waals surface area contributed by atoms with Crippen molar-refractivity contribution in [2.75, 3.05) is 0 Å². The summed E-state index contributed by atoms with van der Waals surface area (Å²) >= 11 is 2.14. The molecule has 0 unspecified atom stereocenters. The molecule has 3 nitrogen and oxygen atoms in total. The van der Waals surface area contributed by atoms with Gasteiger partial charge in [-0.25, -0.2) is 0 Å². The summed E-state index contributed by atoms with van der Waals surface area (Å²) in [6.07, 6.45) is 0. The van der Waals surface area contributed by atoms with Gasteiger partial charge in [0.2, 0.25) is 0 Å². The average Bonchev–Trinajstić information content (AvgIpc) is 2.18. The predicted octanol–water partition coefficient (Wildman–Crippen LogP) is 2.12. The highest BCUT2D eigenvalue weighted by atomic mass is 127. The summed E-state index contributed by atoms with van der Waals surface area (Å²) in [6, 6.07) is 6.95. The minimum Gasteiger partial charge on any atom is -0.288 e. The summed E-state index contributed by atoms with van der Waals surface area (Å²) in [4.78, 5) is 22.7. The Bertz CT molecular complexity index is 409. The number of carbonyl (C=O) groups is 2. The molecule has 1 aromatic carbocycles. The first-order valence-electron chi connectivity index (χ1n) is 4.27. The SMILES string of the molecule is C=C(C)C(=O)NC(=O)c1ccc(I)cc1. The van der Waals surface area contributed by atoms with Crippen LogP contribution in [-0.4, -0.2) is 11.8 Å². The zero-order valence-corrected chi connectivity index (χ0v) is 10.4. The molecule has 0 aliphatic carbocycles. The van der Waals surface area contributed by atoms with E-state index in [1.807, 2.05) is 0 Å². The largest absolute Gasteiger partial charge is 0.288 e. The third-order valence-corrected chi connectivity index (χ3v) is 2.44. The van der Waals surface area contributed by atoms with E-state index < -0.39 is 11.8 Å². The van der Waals surface area contributed by atoms with Crippen LogP contribution in [0.1, 0.15) is 17.3 Å². The van der Waals surface area contributed by atoms with Crippen molar-refractivity contribution >= 4 is 34.4 Å². The fourth-order valence-corrected chi connectivity index (χ4v) is 1.24. The van der Waals surface area contributed by atoms with Gasteiger partial charge in [-0.1, -0.05) is 6.58 Å². The number of amides is 2. The molecule has 0 spiro atoms. The van der Waals surface area contributed by atoms with Gasteiger partial charge in [0.05, 0.1) is 0 Å². The molecule has 0 aliphatic rings. The zero-order chi connectivity index (χ0) is 11.4. The lowest BCUT2D eigenvalue weighted by molar-refractivity contribution is -0.116. The van der Waals surface area contributed by atoms with Crippen molar-refractivity contribution in [3.8, 4) is 0 Å². The third kappa shape index (κ3) is 3.47. The lowest BCUT2D eigenvalue weighted by Crippen LogP contribution is -2.30. The Labute approximate surface area is 102 Å². The van der Waals surface area contributed by atoms with Crippen LogP contribution in [-0.2, 0) is 4.79 Å². The van der Waals surface area contributed by atoms with E-state index in [1.165, 1.54) is 0 Å². The van der Waals surface area contributed by atoms with Gasteiger partial charge < -0.3 is 0 Å². The number of halogens is 1. The highest BCUT2D eigenvalue weighted by molar-refractivity contribution is 14.1. The molecule has 78 valence electrons. The van der Waals surface area contributed by atoms with Crippen LogP contribution in [0.3, 0.4) is 0 Å². The molecule has 15 heavy (non-hydrogen) atoms. The molecule has 0 saturated heterocycles. The Balaban J connectivity index is 2.74. The lowest BCUT2D eigenvalue weighted by Gasteiger charge is -2.03.